The Kier molecular flexibility index (Phi) is 3.38. The number of hydrogen-bond acceptors (Lipinski definition) is 5. The molecular formula is C20H15N5O. The van der Waals surface area contributed by atoms with Gasteiger partial charge in [-0.2, -0.15) is 4.52 Å². The summed E-state index contributed by atoms with van der Waals surface area (Å²) in [7, 11) is 0. The summed E-state index contributed by atoms with van der Waals surface area (Å²) < 4.78 is 7.20. The number of benzene rings is 2. The number of aromatic nitrogens is 4. The Bertz CT molecular complexity index is 1180. The Labute approximate surface area is 149 Å². The molecule has 0 fully saturated rings. The molecule has 5 aromatic rings. The highest BCUT2D eigenvalue weighted by Crippen LogP contribution is 2.28. The average molecular weight is 341 g/mol. The van der Waals surface area contributed by atoms with Gasteiger partial charge in [-0.1, -0.05) is 47.7 Å². The Morgan fingerprint density at radius 3 is 2.62 bits per heavy atom. The van der Waals surface area contributed by atoms with Crippen LogP contribution in [0.4, 0.5) is 5.82 Å². The van der Waals surface area contributed by atoms with E-state index in [0.717, 1.165) is 39.4 Å². The van der Waals surface area contributed by atoms with Crippen molar-refractivity contribution < 1.29 is 4.42 Å². The molecule has 3 aromatic heterocycles. The fraction of sp³-hybridized carbons (Fsp3) is 0.0500. The molecule has 0 aliphatic carbocycles. The lowest BCUT2D eigenvalue weighted by Crippen LogP contribution is -2.04. The first-order valence-corrected chi connectivity index (χ1v) is 8.36. The van der Waals surface area contributed by atoms with Crippen LogP contribution in [-0.2, 0) is 6.54 Å². The molecule has 0 bridgehead atoms. The lowest BCUT2D eigenvalue weighted by atomic mass is 10.1. The van der Waals surface area contributed by atoms with Crippen molar-refractivity contribution in [3.8, 4) is 11.3 Å². The van der Waals surface area contributed by atoms with Crippen molar-refractivity contribution in [3.05, 3.63) is 78.8 Å². The van der Waals surface area contributed by atoms with Gasteiger partial charge < -0.3 is 9.73 Å². The third-order valence-electron chi connectivity index (χ3n) is 4.31. The molecule has 6 heteroatoms. The van der Waals surface area contributed by atoms with E-state index >= 15 is 0 Å². The summed E-state index contributed by atoms with van der Waals surface area (Å²) in [4.78, 5) is 4.82. The zero-order chi connectivity index (χ0) is 17.3. The normalized spacial score (nSPS) is 11.2. The molecule has 0 aliphatic rings. The summed E-state index contributed by atoms with van der Waals surface area (Å²) in [5, 5.41) is 13.1. The van der Waals surface area contributed by atoms with Gasteiger partial charge in [-0.3, -0.25) is 0 Å². The number of furan rings is 1. The molecule has 1 N–H and O–H groups in total. The van der Waals surface area contributed by atoms with Crippen LogP contribution in [0.15, 0.2) is 77.4 Å². The number of para-hydroxylation sites is 1. The first-order chi connectivity index (χ1) is 12.9. The van der Waals surface area contributed by atoms with Crippen molar-refractivity contribution in [1.82, 2.24) is 19.8 Å². The van der Waals surface area contributed by atoms with Gasteiger partial charge in [0, 0.05) is 10.9 Å². The first kappa shape index (κ1) is 14.7. The molecule has 2 aromatic carbocycles. The Hall–Kier alpha value is -3.67. The van der Waals surface area contributed by atoms with Crippen LogP contribution in [0.1, 0.15) is 5.76 Å². The van der Waals surface area contributed by atoms with Crippen molar-refractivity contribution in [3.63, 3.8) is 0 Å². The largest absolute Gasteiger partial charge is 0.467 e. The van der Waals surface area contributed by atoms with Crippen LogP contribution in [0.25, 0.3) is 27.8 Å². The fourth-order valence-corrected chi connectivity index (χ4v) is 3.07. The maximum Gasteiger partial charge on any atom is 0.186 e. The Balaban J connectivity index is 1.69. The second-order valence-electron chi connectivity index (χ2n) is 5.95. The van der Waals surface area contributed by atoms with E-state index in [1.807, 2.05) is 66.7 Å². The van der Waals surface area contributed by atoms with Gasteiger partial charge >= 0.3 is 0 Å². The fourth-order valence-electron chi connectivity index (χ4n) is 3.07. The minimum absolute atomic E-state index is 0.558. The molecule has 0 radical (unpaired) electrons. The van der Waals surface area contributed by atoms with E-state index in [1.165, 1.54) is 0 Å². The van der Waals surface area contributed by atoms with Crippen LogP contribution in [0, 0.1) is 0 Å². The van der Waals surface area contributed by atoms with Gasteiger partial charge in [-0.05, 0) is 24.3 Å². The molecule has 3 heterocycles. The van der Waals surface area contributed by atoms with Crippen LogP contribution >= 0.6 is 0 Å². The molecule has 6 nitrogen and oxygen atoms in total. The third kappa shape index (κ3) is 2.39. The predicted octanol–water partition coefficient (Wildman–Crippen LogP) is 4.15. The second-order valence-corrected chi connectivity index (χ2v) is 5.95. The smallest absolute Gasteiger partial charge is 0.186 e. The van der Waals surface area contributed by atoms with Crippen molar-refractivity contribution >= 4 is 22.4 Å². The van der Waals surface area contributed by atoms with E-state index in [0.29, 0.717) is 6.54 Å². The number of hydrogen-bond donors (Lipinski definition) is 1. The van der Waals surface area contributed by atoms with Crippen LogP contribution in [0.2, 0.25) is 0 Å². The molecule has 0 unspecified atom stereocenters. The third-order valence-corrected chi connectivity index (χ3v) is 4.31. The van der Waals surface area contributed by atoms with Crippen molar-refractivity contribution in [1.29, 1.82) is 0 Å². The number of nitrogens with one attached hydrogen (secondary N) is 1. The highest BCUT2D eigenvalue weighted by atomic mass is 16.3. The first-order valence-electron chi connectivity index (χ1n) is 8.36. The number of nitrogens with zero attached hydrogens (tertiary/aromatic N) is 4. The van der Waals surface area contributed by atoms with Crippen LogP contribution in [0.3, 0.4) is 0 Å². The van der Waals surface area contributed by atoms with Gasteiger partial charge in [-0.25, -0.2) is 4.98 Å². The molecule has 0 saturated carbocycles. The van der Waals surface area contributed by atoms with Crippen LogP contribution in [0.5, 0.6) is 0 Å². The molecule has 5 rings (SSSR count). The Morgan fingerprint density at radius 2 is 1.77 bits per heavy atom. The summed E-state index contributed by atoms with van der Waals surface area (Å²) in [6, 6.07) is 21.8. The van der Waals surface area contributed by atoms with E-state index in [4.69, 9.17) is 9.40 Å². The van der Waals surface area contributed by atoms with Gasteiger partial charge in [0.1, 0.15) is 17.3 Å². The average Bonchev–Trinajstić information content (AvgIpc) is 3.36. The van der Waals surface area contributed by atoms with Gasteiger partial charge in [0.2, 0.25) is 0 Å². The molecule has 0 amide bonds. The zero-order valence-electron chi connectivity index (χ0n) is 13.8. The predicted molar refractivity (Wildman–Crippen MR) is 99.8 cm³/mol. The summed E-state index contributed by atoms with van der Waals surface area (Å²) in [5.74, 6) is 1.63. The standard InChI is InChI=1S/C20H15N5O/c1-2-7-14(8-3-1)18-20-22-19(21-13-15-9-6-12-26-15)16-10-4-5-11-17(16)25(20)24-23-18/h1-12H,13H2,(H,21,22). The highest BCUT2D eigenvalue weighted by molar-refractivity contribution is 5.93. The van der Waals surface area contributed by atoms with Crippen molar-refractivity contribution in [2.24, 2.45) is 0 Å². The van der Waals surface area contributed by atoms with Gasteiger partial charge in [0.15, 0.2) is 5.65 Å². The molecular weight excluding hydrogens is 326 g/mol. The summed E-state index contributed by atoms with van der Waals surface area (Å²) in [5.41, 5.74) is 3.42. The zero-order valence-corrected chi connectivity index (χ0v) is 13.8. The molecule has 0 aliphatic heterocycles. The lowest BCUT2D eigenvalue weighted by Gasteiger charge is -2.09. The molecule has 26 heavy (non-hydrogen) atoms. The maximum atomic E-state index is 5.41. The highest BCUT2D eigenvalue weighted by Gasteiger charge is 2.15. The monoisotopic (exact) mass is 341 g/mol. The maximum absolute atomic E-state index is 5.41. The summed E-state index contributed by atoms with van der Waals surface area (Å²) in [6.45, 7) is 0.558. The van der Waals surface area contributed by atoms with Gasteiger partial charge in [0.25, 0.3) is 0 Å². The topological polar surface area (TPSA) is 68.2 Å². The van der Waals surface area contributed by atoms with Crippen LogP contribution < -0.4 is 5.32 Å². The minimum Gasteiger partial charge on any atom is -0.467 e. The van der Waals surface area contributed by atoms with Gasteiger partial charge in [0.05, 0.1) is 18.3 Å². The second kappa shape index (κ2) is 6.00. The Morgan fingerprint density at radius 1 is 0.923 bits per heavy atom. The van der Waals surface area contributed by atoms with Crippen molar-refractivity contribution in [2.45, 2.75) is 6.54 Å². The number of fused-ring (bicyclic) bond motifs is 3. The van der Waals surface area contributed by atoms with E-state index in [1.54, 1.807) is 10.8 Å². The summed E-state index contributed by atoms with van der Waals surface area (Å²) >= 11 is 0. The van der Waals surface area contributed by atoms with Crippen LogP contribution in [-0.4, -0.2) is 19.8 Å². The van der Waals surface area contributed by atoms with Gasteiger partial charge in [-0.15, -0.1) is 5.10 Å². The quantitative estimate of drug-likeness (QED) is 0.532. The lowest BCUT2D eigenvalue weighted by molar-refractivity contribution is 0.518. The van der Waals surface area contributed by atoms with Crippen molar-refractivity contribution in [2.75, 3.05) is 5.32 Å². The molecule has 0 saturated heterocycles. The van der Waals surface area contributed by atoms with E-state index in [9.17, 15) is 0 Å². The van der Waals surface area contributed by atoms with E-state index in [2.05, 4.69) is 15.6 Å². The SMILES string of the molecule is c1ccc(-c2nnn3c2nc(NCc2ccco2)c2ccccc23)cc1. The molecule has 0 atom stereocenters. The summed E-state index contributed by atoms with van der Waals surface area (Å²) in [6.07, 6.45) is 1.67. The van der Waals surface area contributed by atoms with E-state index < -0.39 is 0 Å². The van der Waals surface area contributed by atoms with E-state index in [-0.39, 0.29) is 0 Å². The molecule has 126 valence electrons. The minimum atomic E-state index is 0.558. The molecule has 0 spiro atoms. The number of anilines is 1. The number of rotatable bonds is 4.